The first-order valence-corrected chi connectivity index (χ1v) is 6.20. The highest BCUT2D eigenvalue weighted by atomic mass is 16.5. The Balaban J connectivity index is 2.64. The molecule has 1 rings (SSSR count). The monoisotopic (exact) mass is 241 g/mol. The number of nitrogens with one attached hydrogen (secondary N) is 1. The van der Waals surface area contributed by atoms with Gasteiger partial charge in [-0.25, -0.2) is 4.79 Å². The van der Waals surface area contributed by atoms with Crippen LogP contribution in [-0.4, -0.2) is 35.4 Å². The van der Waals surface area contributed by atoms with Gasteiger partial charge in [0, 0.05) is 38.6 Å². The summed E-state index contributed by atoms with van der Waals surface area (Å²) >= 11 is 0. The molecule has 0 aliphatic heterocycles. The fourth-order valence-corrected chi connectivity index (χ4v) is 1.80. The summed E-state index contributed by atoms with van der Waals surface area (Å²) in [5.41, 5.74) is 0.0481. The van der Waals surface area contributed by atoms with Gasteiger partial charge in [0.25, 0.3) is 0 Å². The van der Waals surface area contributed by atoms with Gasteiger partial charge in [0.2, 0.25) is 0 Å². The largest absolute Gasteiger partial charge is 0.383 e. The van der Waals surface area contributed by atoms with Crippen molar-refractivity contribution in [2.75, 3.05) is 20.3 Å². The van der Waals surface area contributed by atoms with E-state index in [4.69, 9.17) is 4.74 Å². The zero-order valence-corrected chi connectivity index (χ0v) is 11.0. The third-order valence-electron chi connectivity index (χ3n) is 2.73. The van der Waals surface area contributed by atoms with E-state index in [9.17, 15) is 4.79 Å². The van der Waals surface area contributed by atoms with Crippen molar-refractivity contribution in [3.8, 4) is 0 Å². The SMILES string of the molecule is CCCNC(COC)Cn1ccn(CC)c1=O. The van der Waals surface area contributed by atoms with Crippen LogP contribution in [0.2, 0.25) is 0 Å². The number of ether oxygens (including phenoxy) is 1. The lowest BCUT2D eigenvalue weighted by atomic mass is 10.3. The molecule has 0 spiro atoms. The van der Waals surface area contributed by atoms with Crippen LogP contribution in [0.3, 0.4) is 0 Å². The van der Waals surface area contributed by atoms with Crippen LogP contribution in [0.4, 0.5) is 0 Å². The second kappa shape index (κ2) is 7.29. The Bertz CT molecular complexity index is 370. The minimum absolute atomic E-state index is 0.0481. The molecule has 0 amide bonds. The van der Waals surface area contributed by atoms with Crippen molar-refractivity contribution in [3.05, 3.63) is 22.9 Å². The maximum absolute atomic E-state index is 11.9. The van der Waals surface area contributed by atoms with E-state index in [1.54, 1.807) is 16.2 Å². The lowest BCUT2D eigenvalue weighted by molar-refractivity contribution is 0.158. The van der Waals surface area contributed by atoms with E-state index in [-0.39, 0.29) is 11.7 Å². The summed E-state index contributed by atoms with van der Waals surface area (Å²) in [6.45, 7) is 7.01. The number of hydrogen-bond donors (Lipinski definition) is 1. The van der Waals surface area contributed by atoms with Crippen molar-refractivity contribution in [2.45, 2.75) is 39.4 Å². The van der Waals surface area contributed by atoms with Crippen molar-refractivity contribution in [3.63, 3.8) is 0 Å². The molecule has 1 unspecified atom stereocenters. The highest BCUT2D eigenvalue weighted by Crippen LogP contribution is 1.93. The first kappa shape index (κ1) is 14.0. The third-order valence-corrected chi connectivity index (χ3v) is 2.73. The van der Waals surface area contributed by atoms with Gasteiger partial charge in [-0.05, 0) is 19.9 Å². The molecule has 0 fully saturated rings. The second-order valence-electron chi connectivity index (χ2n) is 4.13. The third kappa shape index (κ3) is 4.02. The number of aryl methyl sites for hydroxylation is 1. The molecule has 1 heterocycles. The molecule has 98 valence electrons. The van der Waals surface area contributed by atoms with E-state index in [1.807, 2.05) is 19.3 Å². The highest BCUT2D eigenvalue weighted by Gasteiger charge is 2.10. The van der Waals surface area contributed by atoms with Gasteiger partial charge in [0.15, 0.2) is 0 Å². The molecule has 0 radical (unpaired) electrons. The molecular formula is C12H23N3O2. The van der Waals surface area contributed by atoms with E-state index in [0.717, 1.165) is 13.0 Å². The minimum atomic E-state index is 0.0481. The summed E-state index contributed by atoms with van der Waals surface area (Å²) in [7, 11) is 1.68. The van der Waals surface area contributed by atoms with E-state index < -0.39 is 0 Å². The Hall–Kier alpha value is -1.07. The van der Waals surface area contributed by atoms with Crippen LogP contribution in [-0.2, 0) is 17.8 Å². The van der Waals surface area contributed by atoms with Crippen molar-refractivity contribution in [2.24, 2.45) is 0 Å². The van der Waals surface area contributed by atoms with Gasteiger partial charge >= 0.3 is 5.69 Å². The van der Waals surface area contributed by atoms with Crippen molar-refractivity contribution < 1.29 is 4.74 Å². The van der Waals surface area contributed by atoms with Gasteiger partial charge in [0.05, 0.1) is 6.61 Å². The summed E-state index contributed by atoms with van der Waals surface area (Å²) in [5.74, 6) is 0. The van der Waals surface area contributed by atoms with Crippen LogP contribution in [0.1, 0.15) is 20.3 Å². The molecule has 0 saturated heterocycles. The van der Waals surface area contributed by atoms with Crippen molar-refractivity contribution in [1.29, 1.82) is 0 Å². The quantitative estimate of drug-likeness (QED) is 0.728. The Morgan fingerprint density at radius 1 is 1.35 bits per heavy atom. The fourth-order valence-electron chi connectivity index (χ4n) is 1.80. The van der Waals surface area contributed by atoms with Gasteiger partial charge in [-0.15, -0.1) is 0 Å². The zero-order chi connectivity index (χ0) is 12.7. The Morgan fingerprint density at radius 3 is 2.59 bits per heavy atom. The predicted octanol–water partition coefficient (Wildman–Crippen LogP) is 0.684. The molecule has 1 atom stereocenters. The lowest BCUT2D eigenvalue weighted by Crippen LogP contribution is -2.40. The van der Waals surface area contributed by atoms with Crippen molar-refractivity contribution >= 4 is 0 Å². The van der Waals surface area contributed by atoms with Crippen LogP contribution in [0.25, 0.3) is 0 Å². The van der Waals surface area contributed by atoms with Crippen molar-refractivity contribution in [1.82, 2.24) is 14.5 Å². The Morgan fingerprint density at radius 2 is 2.06 bits per heavy atom. The first-order chi connectivity index (χ1) is 8.22. The highest BCUT2D eigenvalue weighted by molar-refractivity contribution is 4.83. The van der Waals surface area contributed by atoms with E-state index in [2.05, 4.69) is 12.2 Å². The molecule has 1 N–H and O–H groups in total. The summed E-state index contributed by atoms with van der Waals surface area (Å²) < 4.78 is 8.59. The average Bonchev–Trinajstić information content (AvgIpc) is 2.68. The number of nitrogens with zero attached hydrogens (tertiary/aromatic N) is 2. The smallest absolute Gasteiger partial charge is 0.328 e. The zero-order valence-electron chi connectivity index (χ0n) is 11.0. The maximum Gasteiger partial charge on any atom is 0.328 e. The molecule has 1 aromatic heterocycles. The molecule has 1 aromatic rings. The number of methoxy groups -OCH3 is 1. The van der Waals surface area contributed by atoms with E-state index in [1.165, 1.54) is 0 Å². The molecule has 0 saturated carbocycles. The fraction of sp³-hybridized carbons (Fsp3) is 0.750. The Kier molecular flexibility index (Phi) is 6.00. The van der Waals surface area contributed by atoms with Gasteiger partial charge in [0.1, 0.15) is 0 Å². The standard InChI is InChI=1S/C12H23N3O2/c1-4-6-13-11(10-17-3)9-15-8-7-14(5-2)12(15)16/h7-8,11,13H,4-6,9-10H2,1-3H3. The summed E-state index contributed by atoms with van der Waals surface area (Å²) in [5, 5.41) is 3.38. The van der Waals surface area contributed by atoms with Crippen LogP contribution in [0.15, 0.2) is 17.2 Å². The number of hydrogen-bond acceptors (Lipinski definition) is 3. The lowest BCUT2D eigenvalue weighted by Gasteiger charge is -2.17. The second-order valence-corrected chi connectivity index (χ2v) is 4.13. The average molecular weight is 241 g/mol. The van der Waals surface area contributed by atoms with E-state index >= 15 is 0 Å². The van der Waals surface area contributed by atoms with Gasteiger partial charge in [-0.3, -0.25) is 9.13 Å². The normalized spacial score (nSPS) is 12.9. The molecule has 5 nitrogen and oxygen atoms in total. The van der Waals surface area contributed by atoms with Gasteiger partial charge < -0.3 is 10.1 Å². The number of rotatable bonds is 8. The van der Waals surface area contributed by atoms with Crippen LogP contribution < -0.4 is 11.0 Å². The summed E-state index contributed by atoms with van der Waals surface area (Å²) in [6.07, 6.45) is 4.74. The molecule has 0 bridgehead atoms. The van der Waals surface area contributed by atoms with Gasteiger partial charge in [-0.2, -0.15) is 0 Å². The molecule has 0 aromatic carbocycles. The number of aromatic nitrogens is 2. The predicted molar refractivity (Wildman–Crippen MR) is 68.3 cm³/mol. The Labute approximate surface area is 102 Å². The minimum Gasteiger partial charge on any atom is -0.383 e. The molecule has 0 aliphatic rings. The van der Waals surface area contributed by atoms with Crippen LogP contribution in [0.5, 0.6) is 0 Å². The van der Waals surface area contributed by atoms with E-state index in [0.29, 0.717) is 19.7 Å². The number of imidazole rings is 1. The van der Waals surface area contributed by atoms with Gasteiger partial charge in [-0.1, -0.05) is 6.92 Å². The summed E-state index contributed by atoms with van der Waals surface area (Å²) in [4.78, 5) is 11.9. The first-order valence-electron chi connectivity index (χ1n) is 6.20. The molecule has 5 heteroatoms. The summed E-state index contributed by atoms with van der Waals surface area (Å²) in [6, 6.07) is 0.186. The maximum atomic E-state index is 11.9. The molecule has 0 aliphatic carbocycles. The molecule has 17 heavy (non-hydrogen) atoms. The topological polar surface area (TPSA) is 48.2 Å². The van der Waals surface area contributed by atoms with Crippen LogP contribution in [0, 0.1) is 0 Å². The van der Waals surface area contributed by atoms with Crippen LogP contribution >= 0.6 is 0 Å². The molecular weight excluding hydrogens is 218 g/mol.